The Bertz CT molecular complexity index is 956. The first-order valence-corrected chi connectivity index (χ1v) is 8.46. The van der Waals surface area contributed by atoms with E-state index in [1.807, 2.05) is 0 Å². The molecule has 2 aromatic rings. The first-order valence-electron chi connectivity index (χ1n) is 8.46. The molecule has 0 saturated carbocycles. The fraction of sp³-hybridized carbons (Fsp3) is 0.190. The van der Waals surface area contributed by atoms with Gasteiger partial charge in [-0.15, -0.1) is 0 Å². The number of esters is 1. The van der Waals surface area contributed by atoms with E-state index in [4.69, 9.17) is 18.9 Å². The minimum absolute atomic E-state index is 0.208. The Labute approximate surface area is 161 Å². The van der Waals surface area contributed by atoms with Crippen LogP contribution in [0.5, 0.6) is 17.2 Å². The molecular formula is C21H17NO6. The van der Waals surface area contributed by atoms with Crippen molar-refractivity contribution in [2.45, 2.75) is 0 Å². The maximum atomic E-state index is 12.3. The van der Waals surface area contributed by atoms with Crippen molar-refractivity contribution < 1.29 is 28.5 Å². The molecule has 0 aromatic heterocycles. The average Bonchev–Trinajstić information content (AvgIpc) is 2.75. The highest BCUT2D eigenvalue weighted by molar-refractivity contribution is 6.02. The Morgan fingerprint density at radius 1 is 1.11 bits per heavy atom. The van der Waals surface area contributed by atoms with Crippen molar-refractivity contribution in [3.8, 4) is 23.3 Å². The lowest BCUT2D eigenvalue weighted by atomic mass is 10.1. The molecule has 7 heteroatoms. The predicted octanol–water partition coefficient (Wildman–Crippen LogP) is 2.80. The Morgan fingerprint density at radius 2 is 1.82 bits per heavy atom. The number of rotatable bonds is 6. The van der Waals surface area contributed by atoms with Crippen LogP contribution in [-0.4, -0.2) is 38.7 Å². The Balaban J connectivity index is 1.63. The van der Waals surface area contributed by atoms with E-state index in [0.717, 1.165) is 0 Å². The number of methoxy groups -OCH3 is 1. The smallest absolute Gasteiger partial charge is 0.349 e. The van der Waals surface area contributed by atoms with Gasteiger partial charge in [0.15, 0.2) is 23.9 Å². The predicted molar refractivity (Wildman–Crippen MR) is 99.3 cm³/mol. The molecule has 0 fully saturated rings. The monoisotopic (exact) mass is 379 g/mol. The number of carbonyl (C=O) groups excluding carboxylic acids is 2. The van der Waals surface area contributed by atoms with E-state index in [1.165, 1.54) is 6.08 Å². The maximum absolute atomic E-state index is 12.3. The van der Waals surface area contributed by atoms with Crippen LogP contribution in [0.25, 0.3) is 6.08 Å². The average molecular weight is 379 g/mol. The summed E-state index contributed by atoms with van der Waals surface area (Å²) in [7, 11) is 1.54. The lowest BCUT2D eigenvalue weighted by Gasteiger charge is -2.18. The van der Waals surface area contributed by atoms with Crippen molar-refractivity contribution >= 4 is 17.8 Å². The first kappa shape index (κ1) is 19.0. The molecule has 142 valence electrons. The molecule has 0 aliphatic carbocycles. The first-order chi connectivity index (χ1) is 13.6. The molecule has 2 aromatic carbocycles. The standard InChI is InChI=1S/C21H17NO6/c1-25-17-5-2-14(3-6-17)10-16(12-22)21(24)28-13-18(23)15-4-7-19-20(11-15)27-9-8-26-19/h2-7,10-11H,8-9,13H2,1H3/b16-10+. The van der Waals surface area contributed by atoms with E-state index in [0.29, 0.717) is 41.6 Å². The molecule has 3 rings (SSSR count). The third kappa shape index (κ3) is 4.48. The van der Waals surface area contributed by atoms with Crippen LogP contribution in [0.1, 0.15) is 15.9 Å². The Kier molecular flexibility index (Phi) is 5.92. The molecular weight excluding hydrogens is 362 g/mol. The zero-order chi connectivity index (χ0) is 19.9. The number of ether oxygens (including phenoxy) is 4. The number of Topliss-reactive ketones (excluding diaryl/α,β-unsaturated/α-hetero) is 1. The van der Waals surface area contributed by atoms with Crippen molar-refractivity contribution in [1.82, 2.24) is 0 Å². The van der Waals surface area contributed by atoms with Gasteiger partial charge in [-0.1, -0.05) is 12.1 Å². The zero-order valence-electron chi connectivity index (χ0n) is 15.1. The molecule has 0 unspecified atom stereocenters. The van der Waals surface area contributed by atoms with Crippen molar-refractivity contribution in [2.75, 3.05) is 26.9 Å². The van der Waals surface area contributed by atoms with Gasteiger partial charge in [0.05, 0.1) is 7.11 Å². The summed E-state index contributed by atoms with van der Waals surface area (Å²) >= 11 is 0. The summed E-state index contributed by atoms with van der Waals surface area (Å²) in [4.78, 5) is 24.4. The number of benzene rings is 2. The number of hydrogen-bond donors (Lipinski definition) is 0. The van der Waals surface area contributed by atoms with E-state index in [9.17, 15) is 14.9 Å². The van der Waals surface area contributed by atoms with E-state index >= 15 is 0 Å². The maximum Gasteiger partial charge on any atom is 0.349 e. The molecule has 1 heterocycles. The summed E-state index contributed by atoms with van der Waals surface area (Å²) in [5, 5.41) is 9.21. The molecule has 1 aliphatic heterocycles. The molecule has 0 saturated heterocycles. The van der Waals surface area contributed by atoms with E-state index in [-0.39, 0.29) is 5.57 Å². The Morgan fingerprint density at radius 3 is 2.50 bits per heavy atom. The number of ketones is 1. The van der Waals surface area contributed by atoms with Crippen LogP contribution >= 0.6 is 0 Å². The second-order valence-electron chi connectivity index (χ2n) is 5.80. The van der Waals surface area contributed by atoms with Gasteiger partial charge in [0, 0.05) is 5.56 Å². The lowest BCUT2D eigenvalue weighted by Crippen LogP contribution is -2.17. The van der Waals surface area contributed by atoms with Crippen LogP contribution in [0.2, 0.25) is 0 Å². The highest BCUT2D eigenvalue weighted by Gasteiger charge is 2.17. The van der Waals surface area contributed by atoms with Gasteiger partial charge >= 0.3 is 5.97 Å². The number of fused-ring (bicyclic) bond motifs is 1. The second-order valence-corrected chi connectivity index (χ2v) is 5.80. The van der Waals surface area contributed by atoms with Gasteiger partial charge in [0.2, 0.25) is 0 Å². The van der Waals surface area contributed by atoms with Crippen LogP contribution < -0.4 is 14.2 Å². The SMILES string of the molecule is COc1ccc(/C=C(\C#N)C(=O)OCC(=O)c2ccc3c(c2)OCCO3)cc1. The van der Waals surface area contributed by atoms with Crippen LogP contribution in [-0.2, 0) is 9.53 Å². The molecule has 7 nitrogen and oxygen atoms in total. The third-order valence-corrected chi connectivity index (χ3v) is 3.97. The van der Waals surface area contributed by atoms with Gasteiger partial charge in [0.25, 0.3) is 0 Å². The summed E-state index contributed by atoms with van der Waals surface area (Å²) in [6.45, 7) is 0.372. The van der Waals surface area contributed by atoms with E-state index < -0.39 is 18.4 Å². The zero-order valence-corrected chi connectivity index (χ0v) is 15.1. The van der Waals surface area contributed by atoms with Crippen molar-refractivity contribution in [2.24, 2.45) is 0 Å². The highest BCUT2D eigenvalue weighted by Crippen LogP contribution is 2.30. The minimum Gasteiger partial charge on any atom is -0.497 e. The van der Waals surface area contributed by atoms with Gasteiger partial charge in [-0.2, -0.15) is 5.26 Å². The van der Waals surface area contributed by atoms with Gasteiger partial charge in [-0.05, 0) is 42.0 Å². The van der Waals surface area contributed by atoms with Gasteiger partial charge in [-0.3, -0.25) is 4.79 Å². The van der Waals surface area contributed by atoms with Crippen LogP contribution in [0.15, 0.2) is 48.0 Å². The molecule has 0 bridgehead atoms. The van der Waals surface area contributed by atoms with Crippen molar-refractivity contribution in [1.29, 1.82) is 5.26 Å². The van der Waals surface area contributed by atoms with Crippen molar-refractivity contribution in [3.05, 3.63) is 59.2 Å². The van der Waals surface area contributed by atoms with Crippen molar-refractivity contribution in [3.63, 3.8) is 0 Å². The fourth-order valence-corrected chi connectivity index (χ4v) is 2.51. The van der Waals surface area contributed by atoms with Gasteiger partial charge in [0.1, 0.15) is 30.6 Å². The summed E-state index contributed by atoms with van der Waals surface area (Å²) in [6, 6.07) is 13.3. The second kappa shape index (κ2) is 8.73. The quantitative estimate of drug-likeness (QED) is 0.330. The molecule has 0 spiro atoms. The number of nitriles is 1. The summed E-state index contributed by atoms with van der Waals surface area (Å²) in [6.07, 6.45) is 1.39. The molecule has 0 amide bonds. The summed E-state index contributed by atoms with van der Waals surface area (Å²) in [5.41, 5.74) is 0.752. The van der Waals surface area contributed by atoms with E-state index in [1.54, 1.807) is 55.6 Å². The summed E-state index contributed by atoms with van der Waals surface area (Å²) in [5.74, 6) is 0.411. The molecule has 1 aliphatic rings. The van der Waals surface area contributed by atoms with Crippen LogP contribution in [0, 0.1) is 11.3 Å². The summed E-state index contributed by atoms with van der Waals surface area (Å²) < 4.78 is 20.9. The van der Waals surface area contributed by atoms with Gasteiger partial charge < -0.3 is 18.9 Å². The number of hydrogen-bond acceptors (Lipinski definition) is 7. The molecule has 0 atom stereocenters. The largest absolute Gasteiger partial charge is 0.497 e. The third-order valence-electron chi connectivity index (χ3n) is 3.97. The van der Waals surface area contributed by atoms with Crippen LogP contribution in [0.4, 0.5) is 0 Å². The molecule has 0 radical (unpaired) electrons. The minimum atomic E-state index is -0.871. The fourth-order valence-electron chi connectivity index (χ4n) is 2.51. The number of carbonyl (C=O) groups is 2. The lowest BCUT2D eigenvalue weighted by molar-refractivity contribution is -0.137. The van der Waals surface area contributed by atoms with Crippen LogP contribution in [0.3, 0.4) is 0 Å². The highest BCUT2D eigenvalue weighted by atomic mass is 16.6. The number of nitrogens with zero attached hydrogens (tertiary/aromatic N) is 1. The molecule has 0 N–H and O–H groups in total. The Hall–Kier alpha value is -3.79. The normalized spacial score (nSPS) is 12.6. The van der Waals surface area contributed by atoms with Gasteiger partial charge in [-0.25, -0.2) is 4.79 Å². The van der Waals surface area contributed by atoms with E-state index in [2.05, 4.69) is 0 Å². The molecule has 28 heavy (non-hydrogen) atoms. The topological polar surface area (TPSA) is 94.8 Å².